The van der Waals surface area contributed by atoms with Crippen LogP contribution in [0.15, 0.2) is 46.0 Å². The zero-order chi connectivity index (χ0) is 18.4. The van der Waals surface area contributed by atoms with Crippen LogP contribution >= 0.6 is 23.2 Å². The van der Waals surface area contributed by atoms with E-state index in [1.165, 1.54) is 0 Å². The van der Waals surface area contributed by atoms with Crippen molar-refractivity contribution >= 4 is 29.2 Å². The Balaban J connectivity index is 1.63. The number of aromatic nitrogens is 3. The summed E-state index contributed by atoms with van der Waals surface area (Å²) in [6.45, 7) is 3.59. The number of nitrogens with zero attached hydrogens (tertiary/aromatic N) is 3. The molecule has 0 spiro atoms. The summed E-state index contributed by atoms with van der Waals surface area (Å²) in [6.07, 6.45) is 1.58. The second kappa shape index (κ2) is 8.73. The first-order chi connectivity index (χ1) is 12.7. The van der Waals surface area contributed by atoms with Gasteiger partial charge in [0, 0.05) is 16.6 Å². The fourth-order valence-corrected chi connectivity index (χ4v) is 2.68. The van der Waals surface area contributed by atoms with Crippen LogP contribution in [-0.2, 0) is 13.1 Å². The highest BCUT2D eigenvalue weighted by molar-refractivity contribution is 6.35. The molecule has 3 aromatic rings. The Labute approximate surface area is 160 Å². The second-order valence-corrected chi connectivity index (χ2v) is 6.21. The Bertz CT molecular complexity index is 875. The van der Waals surface area contributed by atoms with Crippen molar-refractivity contribution in [3.63, 3.8) is 0 Å². The number of H-pyrrole nitrogens is 1. The smallest absolute Gasteiger partial charge is 0.216 e. The van der Waals surface area contributed by atoms with Crippen molar-refractivity contribution in [2.75, 3.05) is 6.54 Å². The molecule has 0 atom stereocenters. The SMILES string of the molecule is CCNC(=NCc1ccc(Cl)cc1Cl)NCc1nc(-c2ccco2)n[nH]1. The van der Waals surface area contributed by atoms with Crippen LogP contribution in [0.4, 0.5) is 0 Å². The molecule has 0 saturated carbocycles. The Morgan fingerprint density at radius 2 is 2.15 bits per heavy atom. The van der Waals surface area contributed by atoms with Crippen molar-refractivity contribution in [3.8, 4) is 11.6 Å². The summed E-state index contributed by atoms with van der Waals surface area (Å²) in [7, 11) is 0. The maximum absolute atomic E-state index is 6.19. The van der Waals surface area contributed by atoms with Crippen LogP contribution in [0.2, 0.25) is 10.0 Å². The fraction of sp³-hybridized carbons (Fsp3) is 0.235. The van der Waals surface area contributed by atoms with Crippen molar-refractivity contribution in [2.45, 2.75) is 20.0 Å². The van der Waals surface area contributed by atoms with Crippen LogP contribution in [0.1, 0.15) is 18.3 Å². The van der Waals surface area contributed by atoms with Crippen molar-refractivity contribution in [1.82, 2.24) is 25.8 Å². The van der Waals surface area contributed by atoms with Gasteiger partial charge in [0.05, 0.1) is 19.4 Å². The number of halogens is 2. The minimum atomic E-state index is 0.430. The molecule has 2 aromatic heterocycles. The van der Waals surface area contributed by atoms with Crippen LogP contribution in [0.3, 0.4) is 0 Å². The first kappa shape index (κ1) is 18.3. The highest BCUT2D eigenvalue weighted by Crippen LogP contribution is 2.21. The predicted octanol–water partition coefficient (Wildman–Crippen LogP) is 3.63. The molecule has 7 nitrogen and oxygen atoms in total. The summed E-state index contributed by atoms with van der Waals surface area (Å²) >= 11 is 12.1. The van der Waals surface area contributed by atoms with Crippen molar-refractivity contribution in [3.05, 3.63) is 58.0 Å². The molecule has 0 amide bonds. The van der Waals surface area contributed by atoms with Gasteiger partial charge in [0.1, 0.15) is 5.82 Å². The monoisotopic (exact) mass is 392 g/mol. The molecule has 0 saturated heterocycles. The third-order valence-corrected chi connectivity index (χ3v) is 4.05. The number of benzene rings is 1. The summed E-state index contributed by atoms with van der Waals surface area (Å²) in [4.78, 5) is 8.92. The second-order valence-electron chi connectivity index (χ2n) is 5.37. The van der Waals surface area contributed by atoms with Gasteiger partial charge in [-0.1, -0.05) is 29.3 Å². The predicted molar refractivity (Wildman–Crippen MR) is 102 cm³/mol. The van der Waals surface area contributed by atoms with E-state index in [0.29, 0.717) is 46.5 Å². The van der Waals surface area contributed by atoms with Crippen molar-refractivity contribution < 1.29 is 4.42 Å². The summed E-state index contributed by atoms with van der Waals surface area (Å²) in [5.41, 5.74) is 0.896. The van der Waals surface area contributed by atoms with E-state index in [1.54, 1.807) is 24.5 Å². The molecule has 1 aromatic carbocycles. The highest BCUT2D eigenvalue weighted by atomic mass is 35.5. The average Bonchev–Trinajstić information content (AvgIpc) is 3.30. The summed E-state index contributed by atoms with van der Waals surface area (Å²) < 4.78 is 5.28. The fourth-order valence-electron chi connectivity index (χ4n) is 2.21. The lowest BCUT2D eigenvalue weighted by Gasteiger charge is -2.10. The minimum Gasteiger partial charge on any atom is -0.461 e. The maximum atomic E-state index is 6.19. The molecule has 0 fully saturated rings. The molecule has 136 valence electrons. The molecule has 9 heteroatoms. The summed E-state index contributed by atoms with van der Waals surface area (Å²) in [5, 5.41) is 14.6. The van der Waals surface area contributed by atoms with E-state index in [1.807, 2.05) is 19.1 Å². The molecular weight excluding hydrogens is 375 g/mol. The number of nitrogens with one attached hydrogen (secondary N) is 3. The molecule has 0 unspecified atom stereocenters. The van der Waals surface area contributed by atoms with Gasteiger partial charge in [-0.3, -0.25) is 5.10 Å². The van der Waals surface area contributed by atoms with Gasteiger partial charge in [-0.25, -0.2) is 9.98 Å². The number of guanidine groups is 1. The molecule has 3 rings (SSSR count). The van der Waals surface area contributed by atoms with Gasteiger partial charge in [0.25, 0.3) is 0 Å². The normalized spacial score (nSPS) is 11.6. The maximum Gasteiger partial charge on any atom is 0.216 e. The number of hydrogen-bond acceptors (Lipinski definition) is 4. The summed E-state index contributed by atoms with van der Waals surface area (Å²) in [6, 6.07) is 8.97. The largest absolute Gasteiger partial charge is 0.461 e. The van der Waals surface area contributed by atoms with Crippen LogP contribution in [-0.4, -0.2) is 27.7 Å². The van der Waals surface area contributed by atoms with E-state index in [0.717, 1.165) is 12.1 Å². The van der Waals surface area contributed by atoms with Gasteiger partial charge in [0.15, 0.2) is 11.7 Å². The van der Waals surface area contributed by atoms with Gasteiger partial charge in [-0.2, -0.15) is 0 Å². The number of hydrogen-bond donors (Lipinski definition) is 3. The molecule has 0 aliphatic heterocycles. The number of aliphatic imine (C=N–C) groups is 1. The third-order valence-electron chi connectivity index (χ3n) is 3.46. The zero-order valence-corrected chi connectivity index (χ0v) is 15.6. The van der Waals surface area contributed by atoms with Crippen molar-refractivity contribution in [2.24, 2.45) is 4.99 Å². The Morgan fingerprint density at radius 1 is 1.27 bits per heavy atom. The van der Waals surface area contributed by atoms with Crippen LogP contribution < -0.4 is 10.6 Å². The molecule has 0 aliphatic carbocycles. The zero-order valence-electron chi connectivity index (χ0n) is 14.1. The van der Waals surface area contributed by atoms with E-state index >= 15 is 0 Å². The Kier molecular flexibility index (Phi) is 6.14. The first-order valence-electron chi connectivity index (χ1n) is 8.07. The Hall–Kier alpha value is -2.51. The Morgan fingerprint density at radius 3 is 2.88 bits per heavy atom. The molecule has 0 radical (unpaired) electrons. The quantitative estimate of drug-likeness (QED) is 0.440. The number of aromatic amines is 1. The lowest BCUT2D eigenvalue weighted by molar-refractivity contribution is 0.577. The number of rotatable bonds is 6. The molecular formula is C17H18Cl2N6O. The van der Waals surface area contributed by atoms with Gasteiger partial charge in [0.2, 0.25) is 5.82 Å². The molecule has 0 bridgehead atoms. The molecule has 3 N–H and O–H groups in total. The summed E-state index contributed by atoms with van der Waals surface area (Å²) in [5.74, 6) is 2.45. The van der Waals surface area contributed by atoms with Gasteiger partial charge >= 0.3 is 0 Å². The number of furan rings is 1. The standard InChI is InChI=1S/C17H18Cl2N6O/c1-2-20-17(21-9-11-5-6-12(18)8-13(11)19)22-10-15-23-16(25-24-15)14-4-3-7-26-14/h3-8H,2,9-10H2,1H3,(H2,20,21,22)(H,23,24,25). The van der Waals surface area contributed by atoms with E-state index in [-0.39, 0.29) is 0 Å². The van der Waals surface area contributed by atoms with Gasteiger partial charge in [-0.05, 0) is 36.8 Å². The van der Waals surface area contributed by atoms with Crippen LogP contribution in [0.5, 0.6) is 0 Å². The van der Waals surface area contributed by atoms with E-state index in [9.17, 15) is 0 Å². The third kappa shape index (κ3) is 4.77. The topological polar surface area (TPSA) is 91.1 Å². The minimum absolute atomic E-state index is 0.430. The molecule has 0 aliphatic rings. The highest BCUT2D eigenvalue weighted by Gasteiger charge is 2.09. The van der Waals surface area contributed by atoms with E-state index < -0.39 is 0 Å². The van der Waals surface area contributed by atoms with Gasteiger partial charge in [-0.15, -0.1) is 5.10 Å². The van der Waals surface area contributed by atoms with Crippen LogP contribution in [0, 0.1) is 0 Å². The molecule has 2 heterocycles. The average molecular weight is 393 g/mol. The van der Waals surface area contributed by atoms with E-state index in [4.69, 9.17) is 27.6 Å². The lowest BCUT2D eigenvalue weighted by atomic mass is 10.2. The lowest BCUT2D eigenvalue weighted by Crippen LogP contribution is -2.37. The van der Waals surface area contributed by atoms with E-state index in [2.05, 4.69) is 30.8 Å². The van der Waals surface area contributed by atoms with Crippen LogP contribution in [0.25, 0.3) is 11.6 Å². The van der Waals surface area contributed by atoms with Crippen molar-refractivity contribution in [1.29, 1.82) is 0 Å². The molecule has 26 heavy (non-hydrogen) atoms. The first-order valence-corrected chi connectivity index (χ1v) is 8.82. The van der Waals surface area contributed by atoms with Gasteiger partial charge < -0.3 is 15.1 Å².